The maximum atomic E-state index is 12.7. The van der Waals surface area contributed by atoms with E-state index in [2.05, 4.69) is 10.6 Å². The van der Waals surface area contributed by atoms with Crippen molar-refractivity contribution in [3.63, 3.8) is 0 Å². The van der Waals surface area contributed by atoms with E-state index in [9.17, 15) is 9.59 Å². The lowest BCUT2D eigenvalue weighted by atomic mass is 10.1. The van der Waals surface area contributed by atoms with Gasteiger partial charge in [0, 0.05) is 13.1 Å². The minimum absolute atomic E-state index is 0.0498. The van der Waals surface area contributed by atoms with E-state index < -0.39 is 6.10 Å². The van der Waals surface area contributed by atoms with Crippen LogP contribution in [0.1, 0.15) is 0 Å². The Labute approximate surface area is 163 Å². The SMILES string of the molecule is CNC(=O)[C@H]1CN(CC(=O)Nc2cc(OC)ccc2OC)c2ccccc2O1. The molecule has 148 valence electrons. The van der Waals surface area contributed by atoms with Gasteiger partial charge >= 0.3 is 0 Å². The number of rotatable bonds is 6. The van der Waals surface area contributed by atoms with Crippen LogP contribution in [0.15, 0.2) is 42.5 Å². The molecule has 0 saturated heterocycles. The zero-order chi connectivity index (χ0) is 20.1. The number of nitrogens with one attached hydrogen (secondary N) is 2. The molecule has 0 radical (unpaired) electrons. The van der Waals surface area contributed by atoms with Crippen LogP contribution < -0.4 is 29.7 Å². The topological polar surface area (TPSA) is 89.1 Å². The lowest BCUT2D eigenvalue weighted by Crippen LogP contribution is -2.50. The zero-order valence-electron chi connectivity index (χ0n) is 16.0. The minimum Gasteiger partial charge on any atom is -0.497 e. The molecular weight excluding hydrogens is 362 g/mol. The molecule has 0 unspecified atom stereocenters. The van der Waals surface area contributed by atoms with E-state index in [1.165, 1.54) is 7.11 Å². The fraction of sp³-hybridized carbons (Fsp3) is 0.300. The number of likely N-dealkylation sites (N-methyl/N-ethyl adjacent to an activating group) is 1. The normalized spacial score (nSPS) is 15.1. The Balaban J connectivity index is 1.78. The number of carbonyl (C=O) groups excluding carboxylic acids is 2. The van der Waals surface area contributed by atoms with Crippen molar-refractivity contribution >= 4 is 23.2 Å². The second kappa shape index (κ2) is 8.51. The number of hydrogen-bond donors (Lipinski definition) is 2. The smallest absolute Gasteiger partial charge is 0.262 e. The van der Waals surface area contributed by atoms with Gasteiger partial charge in [0.15, 0.2) is 6.10 Å². The fourth-order valence-electron chi connectivity index (χ4n) is 3.03. The molecule has 1 heterocycles. The fourth-order valence-corrected chi connectivity index (χ4v) is 3.03. The van der Waals surface area contributed by atoms with Crippen molar-refractivity contribution in [1.82, 2.24) is 5.32 Å². The van der Waals surface area contributed by atoms with Gasteiger partial charge in [-0.2, -0.15) is 0 Å². The van der Waals surface area contributed by atoms with Crippen LogP contribution in [0.3, 0.4) is 0 Å². The lowest BCUT2D eigenvalue weighted by Gasteiger charge is -2.35. The summed E-state index contributed by atoms with van der Waals surface area (Å²) in [6.07, 6.45) is -0.695. The minimum atomic E-state index is -0.695. The molecule has 2 N–H and O–H groups in total. The summed E-state index contributed by atoms with van der Waals surface area (Å²) in [7, 11) is 4.64. The number of hydrogen-bond acceptors (Lipinski definition) is 6. The van der Waals surface area contributed by atoms with E-state index in [1.54, 1.807) is 38.4 Å². The molecule has 0 aromatic heterocycles. The van der Waals surface area contributed by atoms with E-state index in [-0.39, 0.29) is 24.9 Å². The number of methoxy groups -OCH3 is 2. The van der Waals surface area contributed by atoms with Crippen LogP contribution in [0.4, 0.5) is 11.4 Å². The van der Waals surface area contributed by atoms with Crippen LogP contribution in [0, 0.1) is 0 Å². The summed E-state index contributed by atoms with van der Waals surface area (Å²) in [5.74, 6) is 1.20. The molecular formula is C20H23N3O5. The summed E-state index contributed by atoms with van der Waals surface area (Å²) in [5, 5.41) is 5.43. The molecule has 0 bridgehead atoms. The maximum Gasteiger partial charge on any atom is 0.262 e. The Hall–Kier alpha value is -3.42. The Bertz CT molecular complexity index is 871. The van der Waals surface area contributed by atoms with E-state index in [0.717, 1.165) is 5.69 Å². The summed E-state index contributed by atoms with van der Waals surface area (Å²) in [6, 6.07) is 12.5. The third-order valence-electron chi connectivity index (χ3n) is 4.42. The van der Waals surface area contributed by atoms with Crippen LogP contribution in [0.25, 0.3) is 0 Å². The molecule has 8 heteroatoms. The summed E-state index contributed by atoms with van der Waals surface area (Å²) in [5.41, 5.74) is 1.27. The number of para-hydroxylation sites is 2. The van der Waals surface area contributed by atoms with Gasteiger partial charge < -0.3 is 29.7 Å². The largest absolute Gasteiger partial charge is 0.497 e. The van der Waals surface area contributed by atoms with Crippen molar-refractivity contribution in [3.8, 4) is 17.2 Å². The van der Waals surface area contributed by atoms with Crippen molar-refractivity contribution in [1.29, 1.82) is 0 Å². The van der Waals surface area contributed by atoms with Gasteiger partial charge in [0.1, 0.15) is 17.2 Å². The maximum absolute atomic E-state index is 12.7. The molecule has 0 fully saturated rings. The molecule has 8 nitrogen and oxygen atoms in total. The number of carbonyl (C=O) groups is 2. The Morgan fingerprint density at radius 3 is 2.68 bits per heavy atom. The summed E-state index contributed by atoms with van der Waals surface area (Å²) < 4.78 is 16.3. The molecule has 0 aliphatic carbocycles. The van der Waals surface area contributed by atoms with Crippen LogP contribution in [-0.4, -0.2) is 52.3 Å². The van der Waals surface area contributed by atoms with Gasteiger partial charge in [-0.3, -0.25) is 9.59 Å². The molecule has 0 spiro atoms. The molecule has 1 aliphatic rings. The van der Waals surface area contributed by atoms with Gasteiger partial charge in [-0.1, -0.05) is 12.1 Å². The number of nitrogens with zero attached hydrogens (tertiary/aromatic N) is 1. The highest BCUT2D eigenvalue weighted by atomic mass is 16.5. The molecule has 2 aromatic carbocycles. The number of anilines is 2. The molecule has 1 atom stereocenters. The first-order valence-corrected chi connectivity index (χ1v) is 8.79. The van der Waals surface area contributed by atoms with Gasteiger partial charge in [0.2, 0.25) is 5.91 Å². The number of fused-ring (bicyclic) bond motifs is 1. The van der Waals surface area contributed by atoms with Crippen LogP contribution in [0.5, 0.6) is 17.2 Å². The monoisotopic (exact) mass is 385 g/mol. The highest BCUT2D eigenvalue weighted by molar-refractivity contribution is 5.96. The van der Waals surface area contributed by atoms with Crippen LogP contribution >= 0.6 is 0 Å². The van der Waals surface area contributed by atoms with Gasteiger partial charge in [-0.25, -0.2) is 0 Å². The Morgan fingerprint density at radius 1 is 1.18 bits per heavy atom. The van der Waals surface area contributed by atoms with Gasteiger partial charge in [0.25, 0.3) is 5.91 Å². The second-order valence-electron chi connectivity index (χ2n) is 6.18. The molecule has 2 amide bonds. The number of benzene rings is 2. The summed E-state index contributed by atoms with van der Waals surface area (Å²) in [4.78, 5) is 26.6. The predicted molar refractivity (Wildman–Crippen MR) is 105 cm³/mol. The molecule has 28 heavy (non-hydrogen) atoms. The van der Waals surface area contributed by atoms with Gasteiger partial charge in [-0.05, 0) is 24.3 Å². The quantitative estimate of drug-likeness (QED) is 0.786. The standard InChI is InChI=1S/C20H23N3O5/c1-21-20(25)18-11-23(15-6-4-5-7-17(15)28-18)12-19(24)22-14-10-13(26-2)8-9-16(14)27-3/h4-10,18H,11-12H2,1-3H3,(H,21,25)(H,22,24)/t18-/m1/s1. The molecule has 1 aliphatic heterocycles. The Morgan fingerprint density at radius 2 is 1.96 bits per heavy atom. The highest BCUT2D eigenvalue weighted by Crippen LogP contribution is 2.33. The molecule has 2 aromatic rings. The van der Waals surface area contributed by atoms with Crippen molar-refractivity contribution in [2.45, 2.75) is 6.10 Å². The van der Waals surface area contributed by atoms with Crippen molar-refractivity contribution in [3.05, 3.63) is 42.5 Å². The molecule has 3 rings (SSSR count). The zero-order valence-corrected chi connectivity index (χ0v) is 16.0. The number of ether oxygens (including phenoxy) is 3. The van der Waals surface area contributed by atoms with E-state index in [4.69, 9.17) is 14.2 Å². The van der Waals surface area contributed by atoms with Crippen molar-refractivity contribution in [2.75, 3.05) is 44.6 Å². The average molecular weight is 385 g/mol. The van der Waals surface area contributed by atoms with Gasteiger partial charge in [0.05, 0.1) is 38.7 Å². The predicted octanol–water partition coefficient (Wildman–Crippen LogP) is 1.66. The van der Waals surface area contributed by atoms with E-state index in [1.807, 2.05) is 23.1 Å². The van der Waals surface area contributed by atoms with Crippen molar-refractivity contribution < 1.29 is 23.8 Å². The third kappa shape index (κ3) is 4.11. The number of amides is 2. The first kappa shape index (κ1) is 19.3. The first-order chi connectivity index (χ1) is 13.5. The highest BCUT2D eigenvalue weighted by Gasteiger charge is 2.31. The Kier molecular flexibility index (Phi) is 5.88. The van der Waals surface area contributed by atoms with Crippen molar-refractivity contribution in [2.24, 2.45) is 0 Å². The summed E-state index contributed by atoms with van der Waals surface area (Å²) in [6.45, 7) is 0.313. The summed E-state index contributed by atoms with van der Waals surface area (Å²) >= 11 is 0. The van der Waals surface area contributed by atoms with E-state index in [0.29, 0.717) is 22.9 Å². The van der Waals surface area contributed by atoms with Gasteiger partial charge in [-0.15, -0.1) is 0 Å². The van der Waals surface area contributed by atoms with Crippen LogP contribution in [0.2, 0.25) is 0 Å². The van der Waals surface area contributed by atoms with E-state index >= 15 is 0 Å². The molecule has 0 saturated carbocycles. The lowest BCUT2D eigenvalue weighted by molar-refractivity contribution is -0.127. The first-order valence-electron chi connectivity index (χ1n) is 8.79. The third-order valence-corrected chi connectivity index (χ3v) is 4.42. The average Bonchev–Trinajstić information content (AvgIpc) is 2.72. The second-order valence-corrected chi connectivity index (χ2v) is 6.18. The van der Waals surface area contributed by atoms with Crippen LogP contribution in [-0.2, 0) is 9.59 Å².